The van der Waals surface area contributed by atoms with Crippen LogP contribution in [0.25, 0.3) is 0 Å². The quantitative estimate of drug-likeness (QED) is 0.778. The Balaban J connectivity index is 2.86. The van der Waals surface area contributed by atoms with Crippen molar-refractivity contribution in [3.05, 3.63) is 21.9 Å². The summed E-state index contributed by atoms with van der Waals surface area (Å²) in [6.45, 7) is 3.89. The maximum absolute atomic E-state index is 11.8. The molecule has 0 aliphatic carbocycles. The summed E-state index contributed by atoms with van der Waals surface area (Å²) < 4.78 is 25.0. The minimum absolute atomic E-state index is 0.0141. The van der Waals surface area contributed by atoms with Crippen molar-refractivity contribution in [2.45, 2.75) is 19.9 Å². The highest BCUT2D eigenvalue weighted by Gasteiger charge is 2.24. The highest BCUT2D eigenvalue weighted by molar-refractivity contribution is 7.89. The fourth-order valence-electron chi connectivity index (χ4n) is 1.34. The molecule has 0 fully saturated rings. The molecule has 3 nitrogen and oxygen atoms in total. The highest BCUT2D eigenvalue weighted by atomic mass is 35.5. The predicted octanol–water partition coefficient (Wildman–Crippen LogP) is 2.62. The summed E-state index contributed by atoms with van der Waals surface area (Å²) in [5.41, 5.74) is 0. The van der Waals surface area contributed by atoms with Crippen molar-refractivity contribution >= 4 is 33.0 Å². The molecular weight excluding hydrogens is 266 g/mol. The minimum Gasteiger partial charge on any atom is -0.212 e. The van der Waals surface area contributed by atoms with Crippen molar-refractivity contribution in [3.8, 4) is 0 Å². The first-order chi connectivity index (χ1) is 7.38. The number of hydrogen-bond acceptors (Lipinski definition) is 3. The van der Waals surface area contributed by atoms with Crippen LogP contribution in [0.5, 0.6) is 0 Å². The molecule has 92 valence electrons. The normalized spacial score (nSPS) is 14.3. The Kier molecular flexibility index (Phi) is 4.79. The van der Waals surface area contributed by atoms with Crippen LogP contribution in [0.4, 0.5) is 0 Å². The van der Waals surface area contributed by atoms with Gasteiger partial charge in [0.2, 0.25) is 10.0 Å². The van der Waals surface area contributed by atoms with Crippen LogP contribution in [0.1, 0.15) is 22.7 Å². The van der Waals surface area contributed by atoms with Crippen LogP contribution in [0.2, 0.25) is 0 Å². The molecule has 1 heterocycles. The van der Waals surface area contributed by atoms with Crippen molar-refractivity contribution < 1.29 is 8.42 Å². The molecule has 1 rings (SSSR count). The molecule has 1 aromatic heterocycles. The van der Waals surface area contributed by atoms with Gasteiger partial charge in [0.05, 0.1) is 11.8 Å². The maximum atomic E-state index is 11.8. The lowest BCUT2D eigenvalue weighted by atomic mass is 10.3. The number of halogens is 1. The van der Waals surface area contributed by atoms with Gasteiger partial charge in [-0.15, -0.1) is 22.9 Å². The van der Waals surface area contributed by atoms with Crippen molar-refractivity contribution in [1.82, 2.24) is 4.31 Å². The molecule has 0 amide bonds. The molecular formula is C10H16ClNO2S2. The number of alkyl halides is 1. The summed E-state index contributed by atoms with van der Waals surface area (Å²) in [7, 11) is -1.64. The number of nitrogens with zero attached hydrogens (tertiary/aromatic N) is 1. The molecule has 16 heavy (non-hydrogen) atoms. The van der Waals surface area contributed by atoms with E-state index in [9.17, 15) is 8.42 Å². The summed E-state index contributed by atoms with van der Waals surface area (Å²) in [5.74, 6) is 0.114. The molecule has 0 N–H and O–H groups in total. The van der Waals surface area contributed by atoms with E-state index in [1.165, 1.54) is 9.18 Å². The summed E-state index contributed by atoms with van der Waals surface area (Å²) >= 11 is 7.10. The van der Waals surface area contributed by atoms with Gasteiger partial charge in [0, 0.05) is 22.7 Å². The minimum atomic E-state index is -3.24. The molecule has 0 aliphatic rings. The van der Waals surface area contributed by atoms with Crippen LogP contribution in [0.3, 0.4) is 0 Å². The van der Waals surface area contributed by atoms with Crippen LogP contribution in [0.15, 0.2) is 12.1 Å². The van der Waals surface area contributed by atoms with Gasteiger partial charge in [-0.2, -0.15) is 4.31 Å². The van der Waals surface area contributed by atoms with Crippen LogP contribution in [-0.4, -0.2) is 31.4 Å². The van der Waals surface area contributed by atoms with Gasteiger partial charge in [-0.05, 0) is 26.0 Å². The van der Waals surface area contributed by atoms with Gasteiger partial charge >= 0.3 is 0 Å². The topological polar surface area (TPSA) is 37.4 Å². The number of rotatable bonds is 5. The molecule has 0 saturated carbocycles. The van der Waals surface area contributed by atoms with Gasteiger partial charge in [-0.3, -0.25) is 0 Å². The number of hydrogen-bond donors (Lipinski definition) is 0. The second-order valence-corrected chi connectivity index (χ2v) is 7.49. The molecule has 1 unspecified atom stereocenters. The Morgan fingerprint density at radius 1 is 1.50 bits per heavy atom. The fraction of sp³-hybridized carbons (Fsp3) is 0.600. The zero-order valence-electron chi connectivity index (χ0n) is 9.60. The first kappa shape index (κ1) is 14.0. The molecule has 6 heteroatoms. The number of sulfonamides is 1. The standard InChI is InChI=1S/C10H16ClNO2S2/c1-8-4-5-10(15-8)9(2)12(3)16(13,14)7-6-11/h4-5,9H,6-7H2,1-3H3. The maximum Gasteiger partial charge on any atom is 0.215 e. The van der Waals surface area contributed by atoms with Gasteiger partial charge in [0.25, 0.3) is 0 Å². The van der Waals surface area contributed by atoms with E-state index in [2.05, 4.69) is 0 Å². The van der Waals surface area contributed by atoms with Gasteiger partial charge < -0.3 is 0 Å². The lowest BCUT2D eigenvalue weighted by Crippen LogP contribution is -2.31. The Morgan fingerprint density at radius 2 is 2.12 bits per heavy atom. The Morgan fingerprint density at radius 3 is 2.56 bits per heavy atom. The summed E-state index contributed by atoms with van der Waals surface area (Å²) in [4.78, 5) is 2.24. The third kappa shape index (κ3) is 3.20. The Labute approximate surface area is 106 Å². The average molecular weight is 282 g/mol. The van der Waals surface area contributed by atoms with E-state index in [4.69, 9.17) is 11.6 Å². The van der Waals surface area contributed by atoms with Crippen LogP contribution in [-0.2, 0) is 10.0 Å². The van der Waals surface area contributed by atoms with E-state index in [0.717, 1.165) is 4.88 Å². The largest absolute Gasteiger partial charge is 0.215 e. The van der Waals surface area contributed by atoms with Crippen molar-refractivity contribution in [2.75, 3.05) is 18.7 Å². The smallest absolute Gasteiger partial charge is 0.212 e. The van der Waals surface area contributed by atoms with Gasteiger partial charge in [0.15, 0.2) is 0 Å². The molecule has 1 atom stereocenters. The molecule has 0 bridgehead atoms. The zero-order valence-corrected chi connectivity index (χ0v) is 12.0. The van der Waals surface area contributed by atoms with Crippen molar-refractivity contribution in [2.24, 2.45) is 0 Å². The summed E-state index contributed by atoms with van der Waals surface area (Å²) in [6, 6.07) is 3.84. The number of aryl methyl sites for hydroxylation is 1. The zero-order chi connectivity index (χ0) is 12.3. The van der Waals surface area contributed by atoms with Crippen LogP contribution >= 0.6 is 22.9 Å². The predicted molar refractivity (Wildman–Crippen MR) is 69.7 cm³/mol. The van der Waals surface area contributed by atoms with Gasteiger partial charge in [0.1, 0.15) is 0 Å². The Hall–Kier alpha value is -0.100. The lowest BCUT2D eigenvalue weighted by molar-refractivity contribution is 0.404. The second kappa shape index (κ2) is 5.49. The first-order valence-electron chi connectivity index (χ1n) is 4.96. The average Bonchev–Trinajstić information content (AvgIpc) is 2.62. The highest BCUT2D eigenvalue weighted by Crippen LogP contribution is 2.27. The molecule has 0 spiro atoms. The molecule has 0 aliphatic heterocycles. The fourth-order valence-corrected chi connectivity index (χ4v) is 4.04. The van der Waals surface area contributed by atoms with Gasteiger partial charge in [-0.1, -0.05) is 0 Å². The van der Waals surface area contributed by atoms with E-state index in [1.807, 2.05) is 26.0 Å². The van der Waals surface area contributed by atoms with E-state index in [0.29, 0.717) is 0 Å². The number of thiophene rings is 1. The molecule has 1 aromatic rings. The summed E-state index contributed by atoms with van der Waals surface area (Å²) in [5, 5.41) is 0. The van der Waals surface area contributed by atoms with E-state index in [1.54, 1.807) is 18.4 Å². The molecule has 0 saturated heterocycles. The molecule has 0 aromatic carbocycles. The van der Waals surface area contributed by atoms with Crippen LogP contribution in [0, 0.1) is 6.92 Å². The van der Waals surface area contributed by atoms with E-state index >= 15 is 0 Å². The van der Waals surface area contributed by atoms with E-state index < -0.39 is 10.0 Å². The third-order valence-corrected chi connectivity index (χ3v) is 5.99. The lowest BCUT2D eigenvalue weighted by Gasteiger charge is -2.22. The Bertz CT molecular complexity index is 441. The first-order valence-corrected chi connectivity index (χ1v) is 7.92. The van der Waals surface area contributed by atoms with Crippen LogP contribution < -0.4 is 0 Å². The summed E-state index contributed by atoms with van der Waals surface area (Å²) in [6.07, 6.45) is 0. The van der Waals surface area contributed by atoms with Crippen molar-refractivity contribution in [3.63, 3.8) is 0 Å². The second-order valence-electron chi connectivity index (χ2n) is 3.65. The third-order valence-electron chi connectivity index (χ3n) is 2.49. The molecule has 0 radical (unpaired) electrons. The monoisotopic (exact) mass is 281 g/mol. The van der Waals surface area contributed by atoms with Crippen molar-refractivity contribution in [1.29, 1.82) is 0 Å². The van der Waals surface area contributed by atoms with Gasteiger partial charge in [-0.25, -0.2) is 8.42 Å². The SMILES string of the molecule is Cc1ccc(C(C)N(C)S(=O)(=O)CCCl)s1. The van der Waals surface area contributed by atoms with E-state index in [-0.39, 0.29) is 17.7 Å².